The molecule has 0 radical (unpaired) electrons. The van der Waals surface area contributed by atoms with Crippen molar-refractivity contribution < 1.29 is 33.4 Å². The minimum absolute atomic E-state index is 0.1000. The first-order chi connectivity index (χ1) is 13.9. The molecular weight excluding hydrogens is 381 g/mol. The molecule has 2 aliphatic heterocycles. The van der Waals surface area contributed by atoms with Crippen molar-refractivity contribution in [3.8, 4) is 0 Å². The molecule has 7 nitrogen and oxygen atoms in total. The number of halogens is 1. The Morgan fingerprint density at radius 3 is 2.55 bits per heavy atom. The van der Waals surface area contributed by atoms with Gasteiger partial charge in [0, 0.05) is 24.9 Å². The van der Waals surface area contributed by atoms with Crippen LogP contribution in [0, 0.1) is 11.7 Å². The fourth-order valence-electron chi connectivity index (χ4n) is 4.54. The molecule has 0 spiro atoms. The van der Waals surface area contributed by atoms with E-state index in [4.69, 9.17) is 14.6 Å². The standard InChI is InChI=1S/C21H26FNO6/c1-28-21(27)19-16-10-9-15(23(16)11-3-2-4-18(24)25)12-17(19)29-20(26)13-5-7-14(22)8-6-13/h5-8,15-17,19H,2-4,9-12H2,1H3,(H,24,25)/t15-,16+,17-,19+/m0/s1. The number of carboxylic acids is 1. The number of methoxy groups -OCH3 is 1. The van der Waals surface area contributed by atoms with Crippen LogP contribution in [0.25, 0.3) is 0 Å². The molecule has 0 amide bonds. The van der Waals surface area contributed by atoms with E-state index in [0.717, 1.165) is 19.3 Å². The average molecular weight is 407 g/mol. The zero-order valence-electron chi connectivity index (χ0n) is 16.4. The smallest absolute Gasteiger partial charge is 0.338 e. The third-order valence-electron chi connectivity index (χ3n) is 5.88. The van der Waals surface area contributed by atoms with E-state index in [2.05, 4.69) is 4.90 Å². The lowest BCUT2D eigenvalue weighted by molar-refractivity contribution is -0.156. The summed E-state index contributed by atoms with van der Waals surface area (Å²) in [5.41, 5.74) is 0.235. The van der Waals surface area contributed by atoms with Crippen LogP contribution in [0.1, 0.15) is 48.9 Å². The Hall–Kier alpha value is -2.48. The van der Waals surface area contributed by atoms with Crippen molar-refractivity contribution in [3.63, 3.8) is 0 Å². The molecule has 2 saturated heterocycles. The molecule has 1 aromatic carbocycles. The van der Waals surface area contributed by atoms with Gasteiger partial charge in [0.05, 0.1) is 12.7 Å². The number of ether oxygens (including phenoxy) is 2. The van der Waals surface area contributed by atoms with Crippen LogP contribution >= 0.6 is 0 Å². The van der Waals surface area contributed by atoms with Crippen molar-refractivity contribution >= 4 is 17.9 Å². The molecule has 29 heavy (non-hydrogen) atoms. The lowest BCUT2D eigenvalue weighted by Crippen LogP contribution is -2.55. The molecular formula is C21H26FNO6. The van der Waals surface area contributed by atoms with Gasteiger partial charge < -0.3 is 14.6 Å². The number of esters is 2. The lowest BCUT2D eigenvalue weighted by atomic mass is 9.87. The Morgan fingerprint density at radius 1 is 1.17 bits per heavy atom. The molecule has 1 N–H and O–H groups in total. The molecule has 0 unspecified atom stereocenters. The molecule has 158 valence electrons. The number of hydrogen-bond acceptors (Lipinski definition) is 6. The number of unbranched alkanes of at least 4 members (excludes halogenated alkanes) is 1. The molecule has 1 aromatic rings. The van der Waals surface area contributed by atoms with Crippen LogP contribution in [0.4, 0.5) is 4.39 Å². The van der Waals surface area contributed by atoms with Crippen LogP contribution in [0.15, 0.2) is 24.3 Å². The highest BCUT2D eigenvalue weighted by atomic mass is 19.1. The Morgan fingerprint density at radius 2 is 1.90 bits per heavy atom. The topological polar surface area (TPSA) is 93.1 Å². The number of fused-ring (bicyclic) bond motifs is 2. The quantitative estimate of drug-likeness (QED) is 0.523. The third kappa shape index (κ3) is 4.93. The predicted molar refractivity (Wildman–Crippen MR) is 101 cm³/mol. The van der Waals surface area contributed by atoms with Gasteiger partial charge in [-0.1, -0.05) is 0 Å². The van der Waals surface area contributed by atoms with Crippen molar-refractivity contribution in [2.75, 3.05) is 13.7 Å². The number of carbonyl (C=O) groups excluding carboxylic acids is 2. The fourth-order valence-corrected chi connectivity index (χ4v) is 4.54. The molecule has 2 aliphatic rings. The van der Waals surface area contributed by atoms with E-state index in [9.17, 15) is 18.8 Å². The molecule has 2 heterocycles. The molecule has 0 saturated carbocycles. The average Bonchev–Trinajstić information content (AvgIpc) is 2.97. The summed E-state index contributed by atoms with van der Waals surface area (Å²) in [6.07, 6.45) is 3.04. The predicted octanol–water partition coefficient (Wildman–Crippen LogP) is 2.63. The first-order valence-electron chi connectivity index (χ1n) is 9.92. The monoisotopic (exact) mass is 407 g/mol. The maximum absolute atomic E-state index is 13.1. The van der Waals surface area contributed by atoms with Gasteiger partial charge in [-0.3, -0.25) is 14.5 Å². The van der Waals surface area contributed by atoms with Crippen LogP contribution in [0.3, 0.4) is 0 Å². The largest absolute Gasteiger partial charge is 0.481 e. The Labute approximate surface area is 168 Å². The number of rotatable bonds is 8. The summed E-state index contributed by atoms with van der Waals surface area (Å²) in [7, 11) is 1.32. The van der Waals surface area contributed by atoms with E-state index in [1.165, 1.54) is 31.4 Å². The minimum Gasteiger partial charge on any atom is -0.481 e. The number of piperidine rings is 1. The molecule has 0 aromatic heterocycles. The van der Waals surface area contributed by atoms with E-state index >= 15 is 0 Å². The van der Waals surface area contributed by atoms with Crippen LogP contribution in [-0.2, 0) is 19.1 Å². The number of carbonyl (C=O) groups is 3. The first kappa shape index (κ1) is 21.2. The summed E-state index contributed by atoms with van der Waals surface area (Å²) in [6.45, 7) is 0.703. The molecule has 2 fully saturated rings. The van der Waals surface area contributed by atoms with Crippen molar-refractivity contribution in [2.24, 2.45) is 5.92 Å². The van der Waals surface area contributed by atoms with Gasteiger partial charge in [-0.2, -0.15) is 0 Å². The van der Waals surface area contributed by atoms with Crippen LogP contribution in [0.5, 0.6) is 0 Å². The number of nitrogens with zero attached hydrogens (tertiary/aromatic N) is 1. The summed E-state index contributed by atoms with van der Waals surface area (Å²) < 4.78 is 23.8. The van der Waals surface area contributed by atoms with Gasteiger partial charge in [0.25, 0.3) is 0 Å². The molecule has 4 atom stereocenters. The number of benzene rings is 1. The summed E-state index contributed by atoms with van der Waals surface area (Å²) in [5, 5.41) is 8.80. The van der Waals surface area contributed by atoms with Crippen LogP contribution in [-0.4, -0.2) is 59.8 Å². The highest BCUT2D eigenvalue weighted by molar-refractivity contribution is 5.89. The second kappa shape index (κ2) is 9.35. The summed E-state index contributed by atoms with van der Waals surface area (Å²) in [5.74, 6) is -2.85. The van der Waals surface area contributed by atoms with Crippen molar-refractivity contribution in [1.29, 1.82) is 0 Å². The molecule has 2 bridgehead atoms. The fraction of sp³-hybridized carbons (Fsp3) is 0.571. The van der Waals surface area contributed by atoms with Crippen molar-refractivity contribution in [3.05, 3.63) is 35.6 Å². The van der Waals surface area contributed by atoms with Gasteiger partial charge in [-0.15, -0.1) is 0 Å². The Balaban J connectivity index is 1.69. The van der Waals surface area contributed by atoms with Gasteiger partial charge in [0.1, 0.15) is 17.8 Å². The van der Waals surface area contributed by atoms with E-state index < -0.39 is 35.7 Å². The summed E-state index contributed by atoms with van der Waals surface area (Å²) >= 11 is 0. The number of hydrogen-bond donors (Lipinski definition) is 1. The summed E-state index contributed by atoms with van der Waals surface area (Å²) in [6, 6.07) is 5.18. The van der Waals surface area contributed by atoms with Crippen molar-refractivity contribution in [2.45, 2.75) is 56.7 Å². The SMILES string of the molecule is COC(=O)[C@H]1[C@@H](OC(=O)c2ccc(F)cc2)C[C@@H]2CC[C@H]1N2CCCCC(=O)O. The number of carboxylic acid groups (broad SMARTS) is 1. The highest BCUT2D eigenvalue weighted by Crippen LogP contribution is 2.41. The van der Waals surface area contributed by atoms with Gasteiger partial charge >= 0.3 is 17.9 Å². The van der Waals surface area contributed by atoms with E-state index in [-0.39, 0.29) is 24.1 Å². The van der Waals surface area contributed by atoms with Gasteiger partial charge in [0.2, 0.25) is 0 Å². The van der Waals surface area contributed by atoms with Gasteiger partial charge in [-0.05, 0) is 56.5 Å². The van der Waals surface area contributed by atoms with Crippen molar-refractivity contribution in [1.82, 2.24) is 4.90 Å². The zero-order valence-corrected chi connectivity index (χ0v) is 16.4. The first-order valence-corrected chi connectivity index (χ1v) is 9.92. The van der Waals surface area contributed by atoms with E-state index in [1.54, 1.807) is 0 Å². The minimum atomic E-state index is -0.813. The lowest BCUT2D eigenvalue weighted by Gasteiger charge is -2.42. The maximum Gasteiger partial charge on any atom is 0.338 e. The Bertz CT molecular complexity index is 752. The Kier molecular flexibility index (Phi) is 6.84. The third-order valence-corrected chi connectivity index (χ3v) is 5.88. The van der Waals surface area contributed by atoms with Crippen LogP contribution < -0.4 is 0 Å². The van der Waals surface area contributed by atoms with Gasteiger partial charge in [0.15, 0.2) is 0 Å². The second-order valence-corrected chi connectivity index (χ2v) is 7.62. The molecule has 3 rings (SSSR count). The van der Waals surface area contributed by atoms with Gasteiger partial charge in [-0.25, -0.2) is 9.18 Å². The molecule has 8 heteroatoms. The highest BCUT2D eigenvalue weighted by Gasteiger charge is 2.52. The normalized spacial score (nSPS) is 26.1. The maximum atomic E-state index is 13.1. The van der Waals surface area contributed by atoms with E-state index in [0.29, 0.717) is 19.4 Å². The van der Waals surface area contributed by atoms with E-state index in [1.807, 2.05) is 0 Å². The summed E-state index contributed by atoms with van der Waals surface area (Å²) in [4.78, 5) is 38.0. The zero-order chi connectivity index (χ0) is 21.0. The van der Waals surface area contributed by atoms with Crippen LogP contribution in [0.2, 0.25) is 0 Å². The molecule has 0 aliphatic carbocycles. The second-order valence-electron chi connectivity index (χ2n) is 7.62. The number of aliphatic carboxylic acids is 1.